The number of carbonyl (C=O) groups excluding carboxylic acids is 2. The highest BCUT2D eigenvalue weighted by atomic mass is 32.2. The lowest BCUT2D eigenvalue weighted by Crippen LogP contribution is -2.45. The summed E-state index contributed by atoms with van der Waals surface area (Å²) in [6.45, 7) is 1.48. The van der Waals surface area contributed by atoms with Gasteiger partial charge in [-0.3, -0.25) is 24.4 Å². The zero-order valence-corrected chi connectivity index (χ0v) is 39.2. The average Bonchev–Trinajstić information content (AvgIpc) is 4.20. The van der Waals surface area contributed by atoms with E-state index in [9.17, 15) is 9.59 Å². The van der Waals surface area contributed by atoms with E-state index in [0.717, 1.165) is 85.5 Å². The Morgan fingerprint density at radius 3 is 1.91 bits per heavy atom. The first kappa shape index (κ1) is 43.8. The molecule has 4 aliphatic rings. The summed E-state index contributed by atoms with van der Waals surface area (Å²) in [6, 6.07) is 46.4. The van der Waals surface area contributed by atoms with Crippen molar-refractivity contribution in [2.24, 2.45) is 4.99 Å². The maximum Gasteiger partial charge on any atom is 0.245 e. The highest BCUT2D eigenvalue weighted by Gasteiger charge is 2.40. The van der Waals surface area contributed by atoms with Gasteiger partial charge in [-0.25, -0.2) is 4.98 Å². The first-order valence-corrected chi connectivity index (χ1v) is 24.4. The number of likely N-dealkylation sites (N-methyl/N-ethyl adjacent to an activating group) is 2. The fourth-order valence-corrected chi connectivity index (χ4v) is 12.4. The molecular weight excluding hydrogens is 835 g/mol. The summed E-state index contributed by atoms with van der Waals surface area (Å²) in [5, 5.41) is 0.321. The van der Waals surface area contributed by atoms with E-state index in [0.29, 0.717) is 5.25 Å². The number of nitrogens with zero attached hydrogens (tertiary/aromatic N) is 6. The Kier molecular flexibility index (Phi) is 12.6. The normalized spacial score (nSPS) is 21.3. The van der Waals surface area contributed by atoms with Crippen LogP contribution in [0.3, 0.4) is 0 Å². The first-order valence-electron chi connectivity index (χ1n) is 23.5. The molecule has 5 aromatic carbocycles. The van der Waals surface area contributed by atoms with Crippen LogP contribution in [0.5, 0.6) is 0 Å². The fraction of sp³-hybridized carbons (Fsp3) is 0.321. The van der Waals surface area contributed by atoms with Gasteiger partial charge in [0.25, 0.3) is 0 Å². The van der Waals surface area contributed by atoms with Crippen molar-refractivity contribution in [1.29, 1.82) is 0 Å². The number of benzene rings is 5. The summed E-state index contributed by atoms with van der Waals surface area (Å²) in [7, 11) is 7.93. The van der Waals surface area contributed by atoms with Gasteiger partial charge in [-0.15, -0.1) is 11.8 Å². The Hall–Kier alpha value is -6.07. The lowest BCUT2D eigenvalue weighted by atomic mass is 9.85. The van der Waals surface area contributed by atoms with Crippen LogP contribution in [0.2, 0.25) is 0 Å². The van der Waals surface area contributed by atoms with E-state index in [1.807, 2.05) is 128 Å². The van der Waals surface area contributed by atoms with E-state index in [4.69, 9.17) is 9.98 Å². The first-order chi connectivity index (χ1) is 32.2. The smallest absolute Gasteiger partial charge is 0.245 e. The maximum atomic E-state index is 14.2. The largest absolute Gasteiger partial charge is 0.340 e. The Morgan fingerprint density at radius 1 is 0.712 bits per heavy atom. The highest BCUT2D eigenvalue weighted by molar-refractivity contribution is 8.00. The SMILES string of the molecule is CN(C)[C@@H](C(=O)N1CCC[C@H]1C1=NC=C(c2ccc(CC3Sc4ccc(-c5cnc([C@@H]6CCCN6C(=O)[C@@H](c6ccccc6)N(C)C)[nH]5)cc4C3c3ccccc3)cc2)C1)c1ccccc1. The molecule has 5 heterocycles. The second-order valence-corrected chi connectivity index (χ2v) is 20.0. The van der Waals surface area contributed by atoms with Gasteiger partial charge < -0.3 is 14.8 Å². The van der Waals surface area contributed by atoms with Crippen molar-refractivity contribution in [2.45, 2.75) is 78.8 Å². The molecule has 6 aromatic rings. The molecular formula is C56H59N7O2S. The Bertz CT molecular complexity index is 2730. The quantitative estimate of drug-likeness (QED) is 0.124. The van der Waals surface area contributed by atoms with Gasteiger partial charge in [-0.05, 0) is 117 Å². The third-order valence-electron chi connectivity index (χ3n) is 14.1. The number of rotatable bonds is 13. The molecule has 10 heteroatoms. The van der Waals surface area contributed by atoms with Crippen molar-refractivity contribution in [3.05, 3.63) is 185 Å². The molecule has 2 saturated heterocycles. The van der Waals surface area contributed by atoms with Crippen molar-refractivity contribution >= 4 is 34.9 Å². The van der Waals surface area contributed by atoms with Crippen LogP contribution in [-0.2, 0) is 16.0 Å². The molecule has 0 spiro atoms. The predicted molar refractivity (Wildman–Crippen MR) is 266 cm³/mol. The summed E-state index contributed by atoms with van der Waals surface area (Å²) in [5.74, 6) is 1.34. The summed E-state index contributed by atoms with van der Waals surface area (Å²) in [4.78, 5) is 51.3. The van der Waals surface area contributed by atoms with Crippen LogP contribution in [0, 0.1) is 0 Å². The van der Waals surface area contributed by atoms with Crippen molar-refractivity contribution in [3.63, 3.8) is 0 Å². The summed E-state index contributed by atoms with van der Waals surface area (Å²) in [5.41, 5.74) is 11.6. The zero-order chi connectivity index (χ0) is 45.3. The van der Waals surface area contributed by atoms with Crippen molar-refractivity contribution in [1.82, 2.24) is 29.6 Å². The number of H-pyrrole nitrogens is 1. The number of fused-ring (bicyclic) bond motifs is 1. The molecule has 1 aromatic heterocycles. The molecule has 2 fully saturated rings. The molecule has 9 nitrogen and oxygen atoms in total. The predicted octanol–water partition coefficient (Wildman–Crippen LogP) is 10.4. The summed E-state index contributed by atoms with van der Waals surface area (Å²) in [6.07, 6.45) is 9.43. The minimum absolute atomic E-state index is 0.0261. The number of aliphatic imine (C=N–C) groups is 1. The lowest BCUT2D eigenvalue weighted by Gasteiger charge is -2.32. The van der Waals surface area contributed by atoms with E-state index in [2.05, 4.69) is 82.7 Å². The molecule has 0 aliphatic carbocycles. The fourth-order valence-electron chi connectivity index (χ4n) is 10.9. The van der Waals surface area contributed by atoms with Gasteiger partial charge in [0.2, 0.25) is 11.8 Å². The van der Waals surface area contributed by atoms with Crippen LogP contribution in [-0.4, -0.2) is 99.7 Å². The minimum atomic E-state index is -0.348. The number of aromatic amines is 1. The van der Waals surface area contributed by atoms with E-state index in [-0.39, 0.29) is 41.9 Å². The number of hydrogen-bond donors (Lipinski definition) is 1. The molecule has 0 bridgehead atoms. The van der Waals surface area contributed by atoms with Gasteiger partial charge in [0, 0.05) is 47.5 Å². The van der Waals surface area contributed by atoms with Crippen LogP contribution in [0.15, 0.2) is 156 Å². The Labute approximate surface area is 393 Å². The third-order valence-corrected chi connectivity index (χ3v) is 15.5. The maximum absolute atomic E-state index is 14.2. The number of likely N-dealkylation sites (tertiary alicyclic amines) is 2. The standard InChI is InChI=1S/C56H59N7O2S/c1-60(2)52(40-18-10-6-11-19-40)55(64)62-30-14-22-47(62)45-34-43(35-57-45)38-26-24-37(25-27-38)32-50-51(39-16-8-5-9-17-39)44-33-42(28-29-49(44)66-50)46-36-58-54(59-46)48-23-15-31-63(48)56(65)53(61(3)4)41-20-12-7-13-21-41/h5-13,16-21,24-29,33,35-36,47-48,50-53H,14-15,22-23,30-32,34H2,1-4H3,(H,58,59)/t47-,48-,50?,51?,52+,53+/m0/s1. The molecule has 4 aliphatic heterocycles. The molecule has 66 heavy (non-hydrogen) atoms. The van der Waals surface area contributed by atoms with Crippen LogP contribution < -0.4 is 0 Å². The van der Waals surface area contributed by atoms with E-state index in [1.165, 1.54) is 32.7 Å². The topological polar surface area (TPSA) is 88.1 Å². The van der Waals surface area contributed by atoms with Gasteiger partial charge in [0.15, 0.2) is 0 Å². The molecule has 2 amide bonds. The van der Waals surface area contributed by atoms with Crippen LogP contribution in [0.1, 0.15) is 95.4 Å². The molecule has 0 saturated carbocycles. The molecule has 336 valence electrons. The number of allylic oxidation sites excluding steroid dienone is 1. The number of nitrogens with one attached hydrogen (secondary N) is 1. The van der Waals surface area contributed by atoms with Gasteiger partial charge in [-0.1, -0.05) is 121 Å². The average molecular weight is 894 g/mol. The van der Waals surface area contributed by atoms with Crippen molar-refractivity contribution in [2.75, 3.05) is 41.3 Å². The van der Waals surface area contributed by atoms with Crippen LogP contribution in [0.4, 0.5) is 0 Å². The van der Waals surface area contributed by atoms with E-state index >= 15 is 0 Å². The third kappa shape index (κ3) is 8.70. The second kappa shape index (κ2) is 19.0. The van der Waals surface area contributed by atoms with Gasteiger partial charge in [0.05, 0.1) is 24.0 Å². The van der Waals surface area contributed by atoms with Crippen molar-refractivity contribution in [3.8, 4) is 11.3 Å². The number of aromatic nitrogens is 2. The Morgan fingerprint density at radius 2 is 1.29 bits per heavy atom. The van der Waals surface area contributed by atoms with Crippen LogP contribution >= 0.6 is 11.8 Å². The number of thioether (sulfide) groups is 1. The van der Waals surface area contributed by atoms with E-state index in [1.54, 1.807) is 0 Å². The molecule has 6 atom stereocenters. The lowest BCUT2D eigenvalue weighted by molar-refractivity contribution is -0.137. The van der Waals surface area contributed by atoms with Gasteiger partial charge in [0.1, 0.15) is 17.9 Å². The number of carbonyl (C=O) groups is 2. The number of hydrogen-bond acceptors (Lipinski definition) is 7. The summed E-state index contributed by atoms with van der Waals surface area (Å²) >= 11 is 1.98. The van der Waals surface area contributed by atoms with Gasteiger partial charge in [-0.2, -0.15) is 0 Å². The van der Waals surface area contributed by atoms with Crippen LogP contribution in [0.25, 0.3) is 16.8 Å². The minimum Gasteiger partial charge on any atom is -0.340 e. The number of amides is 2. The highest BCUT2D eigenvalue weighted by Crippen LogP contribution is 2.51. The Balaban J connectivity index is 0.825. The summed E-state index contributed by atoms with van der Waals surface area (Å²) < 4.78 is 0. The van der Waals surface area contributed by atoms with Gasteiger partial charge >= 0.3 is 0 Å². The second-order valence-electron chi connectivity index (χ2n) is 18.8. The number of imidazole rings is 1. The monoisotopic (exact) mass is 893 g/mol. The molecule has 2 unspecified atom stereocenters. The zero-order valence-electron chi connectivity index (χ0n) is 38.4. The molecule has 0 radical (unpaired) electrons. The van der Waals surface area contributed by atoms with Crippen molar-refractivity contribution < 1.29 is 9.59 Å². The molecule has 1 N–H and O–H groups in total. The molecule has 10 rings (SSSR count). The van der Waals surface area contributed by atoms with E-state index < -0.39 is 0 Å².